The fourth-order valence-corrected chi connectivity index (χ4v) is 4.25. The predicted octanol–water partition coefficient (Wildman–Crippen LogP) is 5.07. The highest BCUT2D eigenvalue weighted by Crippen LogP contribution is 2.32. The van der Waals surface area contributed by atoms with Crippen molar-refractivity contribution in [2.24, 2.45) is 0 Å². The first-order chi connectivity index (χ1) is 16.6. The van der Waals surface area contributed by atoms with Gasteiger partial charge in [-0.15, -0.1) is 0 Å². The topological polar surface area (TPSA) is 82.9 Å². The van der Waals surface area contributed by atoms with Gasteiger partial charge in [-0.1, -0.05) is 23.7 Å². The van der Waals surface area contributed by atoms with Crippen molar-refractivity contribution in [2.45, 2.75) is 32.0 Å². The fourth-order valence-electron chi connectivity index (χ4n) is 4.00. The first-order valence-electron chi connectivity index (χ1n) is 11.0. The second kappa shape index (κ2) is 8.34. The molecule has 3 heterocycles. The molecular formula is C24H20ClF2N7. The van der Waals surface area contributed by atoms with E-state index >= 15 is 0 Å². The summed E-state index contributed by atoms with van der Waals surface area (Å²) in [4.78, 5) is 9.08. The molecule has 0 aliphatic heterocycles. The summed E-state index contributed by atoms with van der Waals surface area (Å²) in [6.45, 7) is 1.14. The molecular weight excluding hydrogens is 460 g/mol. The molecule has 0 spiro atoms. The Morgan fingerprint density at radius 3 is 2.71 bits per heavy atom. The lowest BCUT2D eigenvalue weighted by Gasteiger charge is -2.12. The van der Waals surface area contributed by atoms with Crippen LogP contribution < -0.4 is 10.6 Å². The van der Waals surface area contributed by atoms with Crippen LogP contribution in [-0.2, 0) is 13.1 Å². The molecule has 0 unspecified atom stereocenters. The van der Waals surface area contributed by atoms with E-state index in [1.807, 2.05) is 18.2 Å². The molecule has 7 nitrogen and oxygen atoms in total. The van der Waals surface area contributed by atoms with Gasteiger partial charge in [0.15, 0.2) is 23.1 Å². The van der Waals surface area contributed by atoms with Crippen molar-refractivity contribution >= 4 is 34.1 Å². The summed E-state index contributed by atoms with van der Waals surface area (Å²) in [5.41, 5.74) is 4.64. The van der Waals surface area contributed by atoms with Crippen LogP contribution in [0.25, 0.3) is 27.9 Å². The van der Waals surface area contributed by atoms with E-state index < -0.39 is 11.6 Å². The summed E-state index contributed by atoms with van der Waals surface area (Å²) in [5.74, 6) is -1.46. The van der Waals surface area contributed by atoms with Gasteiger partial charge in [0.05, 0.1) is 29.1 Å². The summed E-state index contributed by atoms with van der Waals surface area (Å²) < 4.78 is 30.1. The van der Waals surface area contributed by atoms with Gasteiger partial charge in [-0.2, -0.15) is 5.10 Å². The maximum Gasteiger partial charge on any atom is 0.181 e. The lowest BCUT2D eigenvalue weighted by atomic mass is 10.1. The molecule has 3 N–H and O–H groups in total. The van der Waals surface area contributed by atoms with E-state index in [2.05, 4.69) is 30.8 Å². The van der Waals surface area contributed by atoms with Gasteiger partial charge in [0, 0.05) is 53.6 Å². The molecule has 0 radical (unpaired) electrons. The van der Waals surface area contributed by atoms with Gasteiger partial charge in [0.1, 0.15) is 0 Å². The zero-order valence-corrected chi connectivity index (χ0v) is 18.7. The van der Waals surface area contributed by atoms with Crippen LogP contribution in [0.5, 0.6) is 0 Å². The van der Waals surface area contributed by atoms with Gasteiger partial charge in [0.2, 0.25) is 0 Å². The van der Waals surface area contributed by atoms with Crippen molar-refractivity contribution in [3.63, 3.8) is 0 Å². The SMILES string of the molecule is Fc1cc2nc(NCc3cn[nH]c3)c3ncc(-c4ccc(CNC5CC5)c(Cl)c4)n3c2cc1F. The summed E-state index contributed by atoms with van der Waals surface area (Å²) in [6, 6.07) is 8.64. The first-order valence-corrected chi connectivity index (χ1v) is 11.3. The van der Waals surface area contributed by atoms with Crippen LogP contribution in [0.15, 0.2) is 48.9 Å². The van der Waals surface area contributed by atoms with Crippen LogP contribution >= 0.6 is 11.6 Å². The summed E-state index contributed by atoms with van der Waals surface area (Å²) in [7, 11) is 0. The minimum absolute atomic E-state index is 0.302. The van der Waals surface area contributed by atoms with E-state index in [9.17, 15) is 8.78 Å². The van der Waals surface area contributed by atoms with Gasteiger partial charge < -0.3 is 10.6 Å². The maximum atomic E-state index is 14.2. The molecule has 1 fully saturated rings. The third-order valence-electron chi connectivity index (χ3n) is 5.99. The van der Waals surface area contributed by atoms with E-state index in [-0.39, 0.29) is 0 Å². The Labute approximate surface area is 198 Å². The van der Waals surface area contributed by atoms with Gasteiger partial charge >= 0.3 is 0 Å². The Bertz CT molecular complexity index is 1510. The zero-order chi connectivity index (χ0) is 23.2. The standard InChI is InChI=1S/C24H20ClF2N7/c25-17-5-14(1-2-15(17)11-28-16-3-4-16)22-12-30-24-23(29-8-13-9-31-32-10-13)33-20-6-18(26)19(27)7-21(20)34(22)24/h1-2,5-7,9-10,12,16,28H,3-4,8,11H2,(H,29,33)(H,31,32). The molecule has 0 atom stereocenters. The highest BCUT2D eigenvalue weighted by Gasteiger charge is 2.21. The predicted molar refractivity (Wildman–Crippen MR) is 127 cm³/mol. The Morgan fingerprint density at radius 2 is 1.94 bits per heavy atom. The van der Waals surface area contributed by atoms with Crippen molar-refractivity contribution in [3.8, 4) is 11.3 Å². The first kappa shape index (κ1) is 21.0. The molecule has 5 aromatic rings. The summed E-state index contributed by atoms with van der Waals surface area (Å²) in [6.07, 6.45) is 7.55. The van der Waals surface area contributed by atoms with E-state index in [0.717, 1.165) is 28.8 Å². The number of aromatic amines is 1. The number of nitrogens with zero attached hydrogens (tertiary/aromatic N) is 4. The number of hydrogen-bond acceptors (Lipinski definition) is 5. The summed E-state index contributed by atoms with van der Waals surface area (Å²) in [5, 5.41) is 14.0. The van der Waals surface area contributed by atoms with Crippen molar-refractivity contribution in [3.05, 3.63) is 76.7 Å². The third-order valence-corrected chi connectivity index (χ3v) is 6.34. The molecule has 2 aromatic carbocycles. The number of fused-ring (bicyclic) bond motifs is 3. The van der Waals surface area contributed by atoms with E-state index in [0.29, 0.717) is 52.3 Å². The highest BCUT2D eigenvalue weighted by atomic mass is 35.5. The van der Waals surface area contributed by atoms with Gasteiger partial charge in [-0.25, -0.2) is 18.7 Å². The van der Waals surface area contributed by atoms with E-state index in [1.165, 1.54) is 12.8 Å². The van der Waals surface area contributed by atoms with Crippen LogP contribution in [0.3, 0.4) is 0 Å². The minimum Gasteiger partial charge on any atom is -0.363 e. The van der Waals surface area contributed by atoms with Crippen LogP contribution in [-0.4, -0.2) is 30.6 Å². The van der Waals surface area contributed by atoms with Gasteiger partial charge in [-0.3, -0.25) is 9.50 Å². The van der Waals surface area contributed by atoms with Crippen molar-refractivity contribution in [2.75, 3.05) is 5.32 Å². The van der Waals surface area contributed by atoms with Crippen LogP contribution in [0, 0.1) is 11.6 Å². The molecule has 34 heavy (non-hydrogen) atoms. The molecule has 1 saturated carbocycles. The maximum absolute atomic E-state index is 14.2. The molecule has 3 aromatic heterocycles. The van der Waals surface area contributed by atoms with Gasteiger partial charge in [-0.05, 0) is 24.5 Å². The average Bonchev–Trinajstić information content (AvgIpc) is 3.30. The molecule has 0 amide bonds. The van der Waals surface area contributed by atoms with Gasteiger partial charge in [0.25, 0.3) is 0 Å². The Hall–Kier alpha value is -3.56. The second-order valence-corrected chi connectivity index (χ2v) is 8.85. The molecule has 0 saturated heterocycles. The van der Waals surface area contributed by atoms with Crippen molar-refractivity contribution in [1.82, 2.24) is 29.9 Å². The quantitative estimate of drug-likeness (QED) is 0.303. The van der Waals surface area contributed by atoms with Crippen molar-refractivity contribution in [1.29, 1.82) is 0 Å². The number of H-pyrrole nitrogens is 1. The van der Waals surface area contributed by atoms with E-state index in [4.69, 9.17) is 11.6 Å². The Kier molecular flexibility index (Phi) is 5.15. The number of nitrogens with one attached hydrogen (secondary N) is 3. The highest BCUT2D eigenvalue weighted by molar-refractivity contribution is 6.31. The number of imidazole rings is 1. The lowest BCUT2D eigenvalue weighted by Crippen LogP contribution is -2.15. The minimum atomic E-state index is -0.961. The molecule has 0 bridgehead atoms. The molecule has 172 valence electrons. The zero-order valence-electron chi connectivity index (χ0n) is 17.9. The monoisotopic (exact) mass is 479 g/mol. The second-order valence-electron chi connectivity index (χ2n) is 8.44. The number of anilines is 1. The largest absolute Gasteiger partial charge is 0.363 e. The number of rotatable bonds is 7. The molecule has 10 heteroatoms. The number of benzene rings is 2. The fraction of sp³-hybridized carbons (Fsp3) is 0.208. The summed E-state index contributed by atoms with van der Waals surface area (Å²) >= 11 is 6.59. The number of hydrogen-bond donors (Lipinski definition) is 3. The molecule has 1 aliphatic rings. The van der Waals surface area contributed by atoms with Crippen LogP contribution in [0.2, 0.25) is 5.02 Å². The Morgan fingerprint density at radius 1 is 1.09 bits per heavy atom. The van der Waals surface area contributed by atoms with Crippen molar-refractivity contribution < 1.29 is 8.78 Å². The number of aromatic nitrogens is 5. The smallest absolute Gasteiger partial charge is 0.181 e. The van der Waals surface area contributed by atoms with Crippen LogP contribution in [0.4, 0.5) is 14.6 Å². The average molecular weight is 480 g/mol. The third kappa shape index (κ3) is 3.86. The van der Waals surface area contributed by atoms with E-state index in [1.54, 1.807) is 23.0 Å². The number of halogens is 3. The lowest BCUT2D eigenvalue weighted by molar-refractivity contribution is 0.510. The Balaban J connectivity index is 1.46. The molecule has 1 aliphatic carbocycles. The normalized spacial score (nSPS) is 13.7. The van der Waals surface area contributed by atoms with Crippen LogP contribution in [0.1, 0.15) is 24.0 Å². The molecule has 6 rings (SSSR count).